The predicted octanol–water partition coefficient (Wildman–Crippen LogP) is 3.70. The van der Waals surface area contributed by atoms with Crippen molar-refractivity contribution < 1.29 is 18.8 Å². The Balaban J connectivity index is 2.54. The molecule has 0 saturated heterocycles. The number of carbonyl (C=O) groups excluding carboxylic acids is 2. The van der Waals surface area contributed by atoms with Gasteiger partial charge in [-0.15, -0.1) is 0 Å². The second kappa shape index (κ2) is 8.85. The van der Waals surface area contributed by atoms with Crippen molar-refractivity contribution in [3.8, 4) is 0 Å². The molecule has 0 spiro atoms. The van der Waals surface area contributed by atoms with E-state index in [1.165, 1.54) is 13.4 Å². The van der Waals surface area contributed by atoms with Crippen molar-refractivity contribution >= 4 is 20.3 Å². The molecule has 0 radical (unpaired) electrons. The molecule has 0 heterocycles. The van der Waals surface area contributed by atoms with Crippen LogP contribution >= 0.6 is 0 Å². The van der Waals surface area contributed by atoms with Crippen molar-refractivity contribution in [1.82, 2.24) is 10.6 Å². The fourth-order valence-corrected chi connectivity index (χ4v) is 4.03. The van der Waals surface area contributed by atoms with E-state index >= 15 is 0 Å². The second-order valence-corrected chi connectivity index (χ2v) is 13.1. The van der Waals surface area contributed by atoms with Crippen molar-refractivity contribution in [1.29, 1.82) is 0 Å². The Kier molecular flexibility index (Phi) is 7.68. The van der Waals surface area contributed by atoms with Gasteiger partial charge in [-0.1, -0.05) is 20.8 Å². The van der Waals surface area contributed by atoms with Crippen molar-refractivity contribution in [2.24, 2.45) is 0 Å². The number of hydrogen-bond donors (Lipinski definition) is 2. The van der Waals surface area contributed by atoms with Crippen LogP contribution in [0.1, 0.15) is 53.4 Å². The highest BCUT2D eigenvalue weighted by atomic mass is 28.4. The number of amides is 3. The van der Waals surface area contributed by atoms with E-state index in [0.717, 1.165) is 25.7 Å². The van der Waals surface area contributed by atoms with Crippen LogP contribution < -0.4 is 10.6 Å². The average molecular weight is 371 g/mol. The van der Waals surface area contributed by atoms with Crippen molar-refractivity contribution in [3.63, 3.8) is 0 Å². The highest BCUT2D eigenvalue weighted by molar-refractivity contribution is 6.74. The monoisotopic (exact) mass is 370 g/mol. The molecular formula is C18H34N2O4Si. The summed E-state index contributed by atoms with van der Waals surface area (Å²) in [6.07, 6.45) is 5.23. The van der Waals surface area contributed by atoms with Gasteiger partial charge in [0.2, 0.25) is 0 Å². The molecule has 0 aromatic carbocycles. The van der Waals surface area contributed by atoms with E-state index in [1.54, 1.807) is 6.92 Å². The van der Waals surface area contributed by atoms with Crippen LogP contribution in [-0.2, 0) is 14.0 Å². The molecule has 3 amide bonds. The van der Waals surface area contributed by atoms with E-state index in [9.17, 15) is 9.59 Å². The number of nitrogens with one attached hydrogen (secondary N) is 2. The summed E-state index contributed by atoms with van der Waals surface area (Å²) < 4.78 is 11.3. The van der Waals surface area contributed by atoms with Gasteiger partial charge in [0.15, 0.2) is 8.32 Å². The number of carbonyl (C=O) groups is 2. The van der Waals surface area contributed by atoms with E-state index < -0.39 is 20.3 Å². The number of hydrogen-bond acceptors (Lipinski definition) is 4. The molecule has 25 heavy (non-hydrogen) atoms. The fraction of sp³-hybridized carbons (Fsp3) is 0.778. The van der Waals surface area contributed by atoms with Crippen LogP contribution in [0, 0.1) is 0 Å². The molecule has 1 saturated carbocycles. The quantitative estimate of drug-likeness (QED) is 0.439. The summed E-state index contributed by atoms with van der Waals surface area (Å²) in [4.78, 5) is 23.8. The molecule has 2 N–H and O–H groups in total. The van der Waals surface area contributed by atoms with E-state index in [2.05, 4.69) is 44.5 Å². The Morgan fingerprint density at radius 3 is 2.40 bits per heavy atom. The third-order valence-electron chi connectivity index (χ3n) is 5.11. The van der Waals surface area contributed by atoms with Gasteiger partial charge >= 0.3 is 6.03 Å². The maximum absolute atomic E-state index is 12.0. The lowest BCUT2D eigenvalue weighted by Crippen LogP contribution is -2.50. The van der Waals surface area contributed by atoms with Gasteiger partial charge in [-0.2, -0.15) is 0 Å². The number of methoxy groups -OCH3 is 1. The van der Waals surface area contributed by atoms with Crippen molar-refractivity contribution in [2.45, 2.75) is 83.7 Å². The topological polar surface area (TPSA) is 76.7 Å². The Bertz CT molecular complexity index is 512. The van der Waals surface area contributed by atoms with Gasteiger partial charge in [0.1, 0.15) is 0 Å². The zero-order valence-electron chi connectivity index (χ0n) is 16.7. The van der Waals surface area contributed by atoms with Gasteiger partial charge in [-0.05, 0) is 50.7 Å². The lowest BCUT2D eigenvalue weighted by molar-refractivity contribution is -0.116. The van der Waals surface area contributed by atoms with Gasteiger partial charge in [0, 0.05) is 17.7 Å². The highest BCUT2D eigenvalue weighted by Gasteiger charge is 2.40. The molecule has 1 unspecified atom stereocenters. The minimum Gasteiger partial charge on any atom is -0.504 e. The summed E-state index contributed by atoms with van der Waals surface area (Å²) in [6, 6.07) is -0.435. The van der Waals surface area contributed by atoms with Crippen LogP contribution in [0.3, 0.4) is 0 Å². The third-order valence-corrected chi connectivity index (χ3v) is 9.64. The minimum atomic E-state index is -1.82. The Labute approximate surface area is 152 Å². The van der Waals surface area contributed by atoms with Crippen LogP contribution in [0.4, 0.5) is 4.79 Å². The molecule has 1 fully saturated rings. The average Bonchev–Trinajstić information content (AvgIpc) is 2.45. The molecular weight excluding hydrogens is 336 g/mol. The number of imide groups is 1. The molecule has 1 aliphatic rings. The second-order valence-electron chi connectivity index (χ2n) is 8.33. The number of rotatable bonds is 5. The summed E-state index contributed by atoms with van der Waals surface area (Å²) in [6.45, 7) is 12.8. The van der Waals surface area contributed by atoms with Crippen LogP contribution in [0.15, 0.2) is 11.8 Å². The first-order chi connectivity index (χ1) is 11.5. The summed E-state index contributed by atoms with van der Waals surface area (Å²) in [5, 5.41) is 5.40. The van der Waals surface area contributed by atoms with Crippen LogP contribution in [0.25, 0.3) is 0 Å². The third kappa shape index (κ3) is 6.82. The van der Waals surface area contributed by atoms with Gasteiger partial charge in [-0.25, -0.2) is 4.79 Å². The SMILES string of the molecule is CO/C=C(\C)C(=O)NC(=O)N[C@H]1CCCC(O[Si](C)(C)C(C)(C)C)C1. The van der Waals surface area contributed by atoms with E-state index in [0.29, 0.717) is 5.57 Å². The molecule has 0 aliphatic heterocycles. The molecule has 1 aliphatic carbocycles. The molecule has 7 heteroatoms. The van der Waals surface area contributed by atoms with Crippen LogP contribution in [0.5, 0.6) is 0 Å². The molecule has 1 rings (SSSR count). The first-order valence-corrected chi connectivity index (χ1v) is 11.9. The molecule has 2 atom stereocenters. The minimum absolute atomic E-state index is 0.0306. The number of ether oxygens (including phenoxy) is 1. The van der Waals surface area contributed by atoms with Crippen LogP contribution in [0.2, 0.25) is 18.1 Å². The molecule has 0 aromatic rings. The van der Waals surface area contributed by atoms with E-state index in [-0.39, 0.29) is 17.2 Å². The normalized spacial score (nSPS) is 22.3. The van der Waals surface area contributed by atoms with Gasteiger partial charge in [0.25, 0.3) is 5.91 Å². The highest BCUT2D eigenvalue weighted by Crippen LogP contribution is 2.39. The fourth-order valence-electron chi connectivity index (χ4n) is 2.63. The Hall–Kier alpha value is -1.34. The molecule has 0 bridgehead atoms. The van der Waals surface area contributed by atoms with Crippen LogP contribution in [-0.4, -0.2) is 39.5 Å². The Morgan fingerprint density at radius 1 is 1.20 bits per heavy atom. The molecule has 144 valence electrons. The summed E-state index contributed by atoms with van der Waals surface area (Å²) in [5.74, 6) is -0.454. The van der Waals surface area contributed by atoms with Gasteiger partial charge in [-0.3, -0.25) is 10.1 Å². The lowest BCUT2D eigenvalue weighted by atomic mass is 9.93. The zero-order valence-corrected chi connectivity index (χ0v) is 17.7. The molecule has 6 nitrogen and oxygen atoms in total. The van der Waals surface area contributed by atoms with E-state index in [4.69, 9.17) is 9.16 Å². The van der Waals surface area contributed by atoms with Gasteiger partial charge < -0.3 is 14.5 Å². The van der Waals surface area contributed by atoms with Crippen molar-refractivity contribution in [3.05, 3.63) is 11.8 Å². The largest absolute Gasteiger partial charge is 0.504 e. The maximum Gasteiger partial charge on any atom is 0.321 e. The number of urea groups is 1. The maximum atomic E-state index is 12.0. The van der Waals surface area contributed by atoms with Gasteiger partial charge in [0.05, 0.1) is 13.4 Å². The standard InChI is InChI=1S/C18H34N2O4Si/c1-13(12-23-5)16(21)20-17(22)19-14-9-8-10-15(11-14)24-25(6,7)18(2,3)4/h12,14-15H,8-11H2,1-7H3,(H2,19,20,21,22)/b13-12+/t14-,15?/m0/s1. The first kappa shape index (κ1) is 21.7. The summed E-state index contributed by atoms with van der Waals surface area (Å²) >= 11 is 0. The van der Waals surface area contributed by atoms with Crippen molar-refractivity contribution in [2.75, 3.05) is 7.11 Å². The predicted molar refractivity (Wildman–Crippen MR) is 102 cm³/mol. The lowest BCUT2D eigenvalue weighted by Gasteiger charge is -2.41. The smallest absolute Gasteiger partial charge is 0.321 e. The first-order valence-electron chi connectivity index (χ1n) is 8.95. The van der Waals surface area contributed by atoms with E-state index in [1.807, 2.05) is 0 Å². The zero-order chi connectivity index (χ0) is 19.3. The summed E-state index contributed by atoms with van der Waals surface area (Å²) in [5.41, 5.74) is 0.348. The molecule has 0 aromatic heterocycles. The Morgan fingerprint density at radius 2 is 1.84 bits per heavy atom. The summed E-state index contributed by atoms with van der Waals surface area (Å²) in [7, 11) is -0.356.